The van der Waals surface area contributed by atoms with Gasteiger partial charge in [0.2, 0.25) is 0 Å². The quantitative estimate of drug-likeness (QED) is 0.865. The van der Waals surface area contributed by atoms with Gasteiger partial charge in [0.25, 0.3) is 5.91 Å². The fourth-order valence-electron chi connectivity index (χ4n) is 2.60. The van der Waals surface area contributed by atoms with Gasteiger partial charge in [-0.1, -0.05) is 19.1 Å². The molecule has 1 aliphatic rings. The van der Waals surface area contributed by atoms with E-state index in [1.165, 1.54) is 11.0 Å². The van der Waals surface area contributed by atoms with Gasteiger partial charge in [-0.25, -0.2) is 0 Å². The molecule has 1 aromatic carbocycles. The van der Waals surface area contributed by atoms with Crippen molar-refractivity contribution < 1.29 is 14.3 Å². The third kappa shape index (κ3) is 2.56. The molecule has 1 aliphatic heterocycles. The second-order valence-corrected chi connectivity index (χ2v) is 5.56. The first-order chi connectivity index (χ1) is 10.1. The van der Waals surface area contributed by atoms with Gasteiger partial charge in [0.05, 0.1) is 11.5 Å². The molecule has 0 saturated carbocycles. The van der Waals surface area contributed by atoms with Gasteiger partial charge < -0.3 is 14.4 Å². The molecule has 2 unspecified atom stereocenters. The molecule has 1 fully saturated rings. The summed E-state index contributed by atoms with van der Waals surface area (Å²) >= 11 is 0. The van der Waals surface area contributed by atoms with E-state index in [1.54, 1.807) is 24.3 Å². The van der Waals surface area contributed by atoms with Crippen LogP contribution in [0.5, 0.6) is 0 Å². The minimum atomic E-state index is -0.533. The molecule has 0 aliphatic carbocycles. The number of amides is 1. The van der Waals surface area contributed by atoms with Crippen LogP contribution in [-0.2, 0) is 0 Å². The van der Waals surface area contributed by atoms with Crippen molar-refractivity contribution in [1.82, 2.24) is 4.90 Å². The number of carbonyl (C=O) groups excluding carboxylic acids is 1. The van der Waals surface area contributed by atoms with Crippen molar-refractivity contribution in [2.24, 2.45) is 5.92 Å². The van der Waals surface area contributed by atoms with Gasteiger partial charge in [0.15, 0.2) is 11.2 Å². The molecule has 1 N–H and O–H groups in total. The van der Waals surface area contributed by atoms with Gasteiger partial charge in [0.1, 0.15) is 5.58 Å². The van der Waals surface area contributed by atoms with Crippen LogP contribution in [0, 0.1) is 5.92 Å². The van der Waals surface area contributed by atoms with E-state index in [1.807, 2.05) is 6.92 Å². The zero-order chi connectivity index (χ0) is 15.0. The second-order valence-electron chi connectivity index (χ2n) is 5.56. The van der Waals surface area contributed by atoms with Gasteiger partial charge in [-0.2, -0.15) is 0 Å². The molecule has 5 heteroatoms. The summed E-state index contributed by atoms with van der Waals surface area (Å²) < 4.78 is 5.55. The summed E-state index contributed by atoms with van der Waals surface area (Å²) in [4.78, 5) is 26.0. The lowest BCUT2D eigenvalue weighted by molar-refractivity contribution is 0.0231. The fraction of sp³-hybridized carbons (Fsp3) is 0.375. The summed E-state index contributed by atoms with van der Waals surface area (Å²) in [6, 6.07) is 8.08. The third-order valence-electron chi connectivity index (χ3n) is 4.05. The molecule has 1 aromatic heterocycles. The Hall–Kier alpha value is -2.14. The smallest absolute Gasteiger partial charge is 0.289 e. The van der Waals surface area contributed by atoms with Gasteiger partial charge in [0, 0.05) is 19.2 Å². The Kier molecular flexibility index (Phi) is 3.51. The van der Waals surface area contributed by atoms with Crippen molar-refractivity contribution >= 4 is 16.9 Å². The number of nitrogens with zero attached hydrogens (tertiary/aromatic N) is 1. The van der Waals surface area contributed by atoms with Crippen LogP contribution in [0.3, 0.4) is 0 Å². The Morgan fingerprint density at radius 2 is 2.14 bits per heavy atom. The molecule has 110 valence electrons. The molecule has 1 saturated heterocycles. The molecular weight excluding hydrogens is 270 g/mol. The Balaban J connectivity index is 1.93. The number of hydrogen-bond acceptors (Lipinski definition) is 4. The summed E-state index contributed by atoms with van der Waals surface area (Å²) in [5.41, 5.74) is 0.172. The number of β-amino-alcohol motifs (C(OH)–C–C–N with tert-alkyl or cyclic N) is 1. The molecule has 21 heavy (non-hydrogen) atoms. The maximum absolute atomic E-state index is 12.4. The highest BCUT2D eigenvalue weighted by atomic mass is 16.3. The lowest BCUT2D eigenvalue weighted by Gasteiger charge is -2.33. The first kappa shape index (κ1) is 13.8. The van der Waals surface area contributed by atoms with Crippen LogP contribution in [0.2, 0.25) is 0 Å². The van der Waals surface area contributed by atoms with Gasteiger partial charge in [-0.15, -0.1) is 0 Å². The number of benzene rings is 1. The summed E-state index contributed by atoms with van der Waals surface area (Å²) in [7, 11) is 0. The first-order valence-electron chi connectivity index (χ1n) is 7.06. The summed E-state index contributed by atoms with van der Waals surface area (Å²) in [6.07, 6.45) is 0.208. The van der Waals surface area contributed by atoms with Gasteiger partial charge in [-0.3, -0.25) is 9.59 Å². The summed E-state index contributed by atoms with van der Waals surface area (Å²) in [5, 5.41) is 10.3. The maximum Gasteiger partial charge on any atom is 0.289 e. The second kappa shape index (κ2) is 5.33. The molecule has 0 bridgehead atoms. The van der Waals surface area contributed by atoms with E-state index in [2.05, 4.69) is 0 Å². The van der Waals surface area contributed by atoms with Crippen molar-refractivity contribution in [3.05, 3.63) is 46.3 Å². The lowest BCUT2D eigenvalue weighted by Crippen LogP contribution is -2.45. The predicted molar refractivity (Wildman–Crippen MR) is 78.2 cm³/mol. The zero-order valence-electron chi connectivity index (χ0n) is 11.8. The van der Waals surface area contributed by atoms with Crippen molar-refractivity contribution in [3.63, 3.8) is 0 Å². The lowest BCUT2D eigenvalue weighted by atomic mass is 9.96. The zero-order valence-corrected chi connectivity index (χ0v) is 11.8. The van der Waals surface area contributed by atoms with Crippen LogP contribution in [0.15, 0.2) is 39.5 Å². The Labute approximate surface area is 121 Å². The standard InChI is InChI=1S/C16H17NO4/c1-10-6-7-17(9-13(10)19)16(20)15-8-12(18)11-4-2-3-5-14(11)21-15/h2-5,8,10,13,19H,6-7,9H2,1H3. The number of rotatable bonds is 1. The Bertz CT molecular complexity index is 736. The SMILES string of the molecule is CC1CCN(C(=O)c2cc(=O)c3ccccc3o2)CC1O. The average molecular weight is 287 g/mol. The minimum absolute atomic E-state index is 0.0282. The van der Waals surface area contributed by atoms with E-state index < -0.39 is 6.10 Å². The van der Waals surface area contributed by atoms with Crippen LogP contribution in [0.25, 0.3) is 11.0 Å². The number of fused-ring (bicyclic) bond motifs is 1. The highest BCUT2D eigenvalue weighted by Gasteiger charge is 2.29. The van der Waals surface area contributed by atoms with E-state index in [-0.39, 0.29) is 29.6 Å². The normalized spacial score (nSPS) is 22.5. The molecule has 0 radical (unpaired) electrons. The molecule has 5 nitrogen and oxygen atoms in total. The van der Waals surface area contributed by atoms with Crippen LogP contribution in [-0.4, -0.2) is 35.1 Å². The van der Waals surface area contributed by atoms with Crippen molar-refractivity contribution in [1.29, 1.82) is 0 Å². The fourth-order valence-corrected chi connectivity index (χ4v) is 2.60. The average Bonchev–Trinajstić information content (AvgIpc) is 2.49. The van der Waals surface area contributed by atoms with Gasteiger partial charge in [-0.05, 0) is 24.5 Å². The van der Waals surface area contributed by atoms with E-state index in [0.717, 1.165) is 6.42 Å². The van der Waals surface area contributed by atoms with Crippen molar-refractivity contribution in [2.45, 2.75) is 19.4 Å². The third-order valence-corrected chi connectivity index (χ3v) is 4.05. The van der Waals surface area contributed by atoms with E-state index in [9.17, 15) is 14.7 Å². The first-order valence-corrected chi connectivity index (χ1v) is 7.06. The Morgan fingerprint density at radius 1 is 1.38 bits per heavy atom. The number of likely N-dealkylation sites (tertiary alicyclic amines) is 1. The van der Waals surface area contributed by atoms with Crippen LogP contribution in [0.1, 0.15) is 23.9 Å². The highest BCUT2D eigenvalue weighted by Crippen LogP contribution is 2.20. The molecule has 2 atom stereocenters. The maximum atomic E-state index is 12.4. The monoisotopic (exact) mass is 287 g/mol. The predicted octanol–water partition coefficient (Wildman–Crippen LogP) is 1.64. The molecule has 1 amide bonds. The minimum Gasteiger partial charge on any atom is -0.451 e. The highest BCUT2D eigenvalue weighted by molar-refractivity contribution is 5.93. The Morgan fingerprint density at radius 3 is 2.90 bits per heavy atom. The number of aliphatic hydroxyl groups is 1. The summed E-state index contributed by atoms with van der Waals surface area (Å²) in [6.45, 7) is 2.80. The van der Waals surface area contributed by atoms with Crippen LogP contribution >= 0.6 is 0 Å². The number of piperidine rings is 1. The number of para-hydroxylation sites is 1. The topological polar surface area (TPSA) is 70.8 Å². The van der Waals surface area contributed by atoms with E-state index >= 15 is 0 Å². The van der Waals surface area contributed by atoms with Crippen LogP contribution < -0.4 is 5.43 Å². The molecular formula is C16H17NO4. The van der Waals surface area contributed by atoms with Gasteiger partial charge >= 0.3 is 0 Å². The van der Waals surface area contributed by atoms with Crippen LogP contribution in [0.4, 0.5) is 0 Å². The molecule has 2 aromatic rings. The van der Waals surface area contributed by atoms with E-state index in [4.69, 9.17) is 4.42 Å². The molecule has 3 rings (SSSR count). The summed E-state index contributed by atoms with van der Waals surface area (Å²) in [5.74, 6) is -0.137. The van der Waals surface area contributed by atoms with E-state index in [0.29, 0.717) is 17.5 Å². The molecule has 2 heterocycles. The number of carbonyl (C=O) groups is 1. The number of hydrogen-bond donors (Lipinski definition) is 1. The van der Waals surface area contributed by atoms with Crippen molar-refractivity contribution in [2.75, 3.05) is 13.1 Å². The molecule has 0 spiro atoms. The van der Waals surface area contributed by atoms with Crippen molar-refractivity contribution in [3.8, 4) is 0 Å². The number of aliphatic hydroxyl groups excluding tert-OH is 1. The largest absolute Gasteiger partial charge is 0.451 e.